The predicted octanol–water partition coefficient (Wildman–Crippen LogP) is -0.287. The summed E-state index contributed by atoms with van der Waals surface area (Å²) in [6.07, 6.45) is -0.0581. The topological polar surface area (TPSA) is 103 Å². The van der Waals surface area contributed by atoms with Gasteiger partial charge in [-0.05, 0) is 12.1 Å². The Kier molecular flexibility index (Phi) is 5.25. The van der Waals surface area contributed by atoms with Crippen LogP contribution in [0.1, 0.15) is 16.8 Å². The summed E-state index contributed by atoms with van der Waals surface area (Å²) in [5, 5.41) is 20.0. The van der Waals surface area contributed by atoms with Gasteiger partial charge in [-0.15, -0.1) is 0 Å². The number of aliphatic hydroxyl groups is 1. The summed E-state index contributed by atoms with van der Waals surface area (Å²) in [5.74, 6) is -0.917. The lowest BCUT2D eigenvalue weighted by molar-refractivity contribution is -0.146. The fourth-order valence-corrected chi connectivity index (χ4v) is 1.33. The number of amides is 1. The van der Waals surface area contributed by atoms with Crippen molar-refractivity contribution in [3.63, 3.8) is 0 Å². The highest BCUT2D eigenvalue weighted by atomic mass is 16.4. The second-order valence-corrected chi connectivity index (χ2v) is 4.20. The van der Waals surface area contributed by atoms with Gasteiger partial charge in [0.1, 0.15) is 5.82 Å². The molecule has 1 aromatic heterocycles. The van der Waals surface area contributed by atoms with Gasteiger partial charge in [-0.25, -0.2) is 9.78 Å². The zero-order valence-electron chi connectivity index (χ0n) is 10.8. The number of rotatable bonds is 6. The van der Waals surface area contributed by atoms with Crippen molar-refractivity contribution >= 4 is 17.7 Å². The molecule has 3 N–H and O–H groups in total. The van der Waals surface area contributed by atoms with Gasteiger partial charge in [0.25, 0.3) is 5.91 Å². The van der Waals surface area contributed by atoms with Crippen LogP contribution in [0.4, 0.5) is 5.82 Å². The Labute approximate surface area is 110 Å². The van der Waals surface area contributed by atoms with Crippen LogP contribution in [-0.2, 0) is 4.79 Å². The molecule has 0 unspecified atom stereocenters. The van der Waals surface area contributed by atoms with Gasteiger partial charge in [0, 0.05) is 33.3 Å². The minimum atomic E-state index is -1.46. The molecule has 1 heterocycles. The summed E-state index contributed by atoms with van der Waals surface area (Å²) >= 11 is 0. The smallest absolute Gasteiger partial charge is 0.332 e. The molecule has 0 radical (unpaired) electrons. The van der Waals surface area contributed by atoms with Crippen molar-refractivity contribution in [2.24, 2.45) is 0 Å². The van der Waals surface area contributed by atoms with Crippen molar-refractivity contribution in [1.29, 1.82) is 0 Å². The third kappa shape index (κ3) is 4.55. The van der Waals surface area contributed by atoms with Crippen LogP contribution in [0.25, 0.3) is 0 Å². The minimum absolute atomic E-state index is 0.0374. The van der Waals surface area contributed by atoms with Crippen LogP contribution in [0.15, 0.2) is 18.3 Å². The molecule has 0 aliphatic heterocycles. The van der Waals surface area contributed by atoms with E-state index < -0.39 is 12.1 Å². The van der Waals surface area contributed by atoms with Crippen LogP contribution in [0.3, 0.4) is 0 Å². The highest BCUT2D eigenvalue weighted by Gasteiger charge is 2.13. The van der Waals surface area contributed by atoms with Crippen molar-refractivity contribution in [3.8, 4) is 0 Å². The fourth-order valence-electron chi connectivity index (χ4n) is 1.33. The molecule has 7 heteroatoms. The first-order valence-electron chi connectivity index (χ1n) is 5.74. The van der Waals surface area contributed by atoms with E-state index in [1.165, 1.54) is 6.20 Å². The van der Waals surface area contributed by atoms with E-state index >= 15 is 0 Å². The van der Waals surface area contributed by atoms with Gasteiger partial charge in [-0.2, -0.15) is 0 Å². The number of hydrogen-bond donors (Lipinski definition) is 3. The lowest BCUT2D eigenvalue weighted by Gasteiger charge is -2.11. The Morgan fingerprint density at radius 1 is 1.42 bits per heavy atom. The largest absolute Gasteiger partial charge is 0.479 e. The first kappa shape index (κ1) is 14.9. The van der Waals surface area contributed by atoms with Crippen molar-refractivity contribution in [1.82, 2.24) is 10.3 Å². The fraction of sp³-hybridized carbons (Fsp3) is 0.417. The summed E-state index contributed by atoms with van der Waals surface area (Å²) in [4.78, 5) is 28.0. The Morgan fingerprint density at radius 3 is 2.58 bits per heavy atom. The summed E-state index contributed by atoms with van der Waals surface area (Å²) < 4.78 is 0. The van der Waals surface area contributed by atoms with Crippen LogP contribution in [0.5, 0.6) is 0 Å². The van der Waals surface area contributed by atoms with E-state index in [1.54, 1.807) is 12.1 Å². The highest BCUT2D eigenvalue weighted by Crippen LogP contribution is 2.07. The van der Waals surface area contributed by atoms with E-state index in [0.29, 0.717) is 5.56 Å². The summed E-state index contributed by atoms with van der Waals surface area (Å²) in [6, 6.07) is 3.34. The maximum Gasteiger partial charge on any atom is 0.332 e. The van der Waals surface area contributed by atoms with Crippen molar-refractivity contribution < 1.29 is 19.8 Å². The molecule has 0 aliphatic carbocycles. The minimum Gasteiger partial charge on any atom is -0.479 e. The number of aromatic nitrogens is 1. The van der Waals surface area contributed by atoms with Gasteiger partial charge in [0.15, 0.2) is 6.10 Å². The second-order valence-electron chi connectivity index (χ2n) is 4.20. The van der Waals surface area contributed by atoms with Crippen molar-refractivity contribution in [2.75, 3.05) is 25.5 Å². The molecule has 1 aromatic rings. The van der Waals surface area contributed by atoms with Crippen LogP contribution in [0, 0.1) is 0 Å². The Bertz CT molecular complexity index is 445. The lowest BCUT2D eigenvalue weighted by atomic mass is 10.2. The zero-order chi connectivity index (χ0) is 14.4. The molecular formula is C12H17N3O4. The Balaban J connectivity index is 2.47. The third-order valence-electron chi connectivity index (χ3n) is 2.46. The van der Waals surface area contributed by atoms with Crippen LogP contribution in [0.2, 0.25) is 0 Å². The number of aliphatic carboxylic acids is 1. The third-order valence-corrected chi connectivity index (χ3v) is 2.46. The maximum atomic E-state index is 11.7. The molecular weight excluding hydrogens is 250 g/mol. The predicted molar refractivity (Wildman–Crippen MR) is 69.2 cm³/mol. The zero-order valence-corrected chi connectivity index (χ0v) is 10.8. The molecule has 1 amide bonds. The maximum absolute atomic E-state index is 11.7. The van der Waals surface area contributed by atoms with E-state index in [-0.39, 0.29) is 18.9 Å². The van der Waals surface area contributed by atoms with Crippen LogP contribution < -0.4 is 10.2 Å². The van der Waals surface area contributed by atoms with Gasteiger partial charge in [0.05, 0.1) is 5.56 Å². The quantitative estimate of drug-likeness (QED) is 0.654. The van der Waals surface area contributed by atoms with Crippen LogP contribution in [-0.4, -0.2) is 53.8 Å². The number of carbonyl (C=O) groups excluding carboxylic acids is 1. The molecule has 0 saturated carbocycles. The van der Waals surface area contributed by atoms with E-state index in [9.17, 15) is 9.59 Å². The number of carbonyl (C=O) groups is 2. The number of carboxylic acid groups (broad SMARTS) is 1. The molecule has 0 bridgehead atoms. The first-order chi connectivity index (χ1) is 8.91. The van der Waals surface area contributed by atoms with E-state index in [1.807, 2.05) is 19.0 Å². The average Bonchev–Trinajstić information content (AvgIpc) is 2.38. The van der Waals surface area contributed by atoms with Gasteiger partial charge in [-0.3, -0.25) is 4.79 Å². The molecule has 19 heavy (non-hydrogen) atoms. The Morgan fingerprint density at radius 2 is 2.11 bits per heavy atom. The summed E-state index contributed by atoms with van der Waals surface area (Å²) in [7, 11) is 3.69. The number of nitrogens with zero attached hydrogens (tertiary/aromatic N) is 2. The number of aliphatic hydroxyl groups excluding tert-OH is 1. The molecule has 104 valence electrons. The number of nitrogens with one attached hydrogen (secondary N) is 1. The van der Waals surface area contributed by atoms with Gasteiger partial charge in [0.2, 0.25) is 0 Å². The second kappa shape index (κ2) is 6.69. The monoisotopic (exact) mass is 267 g/mol. The van der Waals surface area contributed by atoms with E-state index in [4.69, 9.17) is 10.2 Å². The van der Waals surface area contributed by atoms with E-state index in [0.717, 1.165) is 5.82 Å². The molecule has 1 rings (SSSR count). The first-order valence-corrected chi connectivity index (χ1v) is 5.74. The lowest BCUT2D eigenvalue weighted by Crippen LogP contribution is -2.30. The normalized spacial score (nSPS) is 11.7. The van der Waals surface area contributed by atoms with Crippen LogP contribution >= 0.6 is 0 Å². The molecule has 0 fully saturated rings. The molecule has 0 spiro atoms. The number of hydrogen-bond acceptors (Lipinski definition) is 5. The Hall–Kier alpha value is -2.15. The van der Waals surface area contributed by atoms with Gasteiger partial charge < -0.3 is 20.4 Å². The highest BCUT2D eigenvalue weighted by molar-refractivity contribution is 5.94. The van der Waals surface area contributed by atoms with E-state index in [2.05, 4.69) is 10.3 Å². The number of anilines is 1. The number of pyridine rings is 1. The molecule has 0 aromatic carbocycles. The molecule has 0 aliphatic rings. The molecule has 1 atom stereocenters. The average molecular weight is 267 g/mol. The SMILES string of the molecule is CN(C)c1ccc(C(=O)NCC[C@H](O)C(=O)O)cn1. The molecule has 7 nitrogen and oxygen atoms in total. The summed E-state index contributed by atoms with van der Waals surface area (Å²) in [6.45, 7) is 0.0851. The number of carboxylic acids is 1. The summed E-state index contributed by atoms with van der Waals surface area (Å²) in [5.41, 5.74) is 0.385. The van der Waals surface area contributed by atoms with Crippen molar-refractivity contribution in [2.45, 2.75) is 12.5 Å². The van der Waals surface area contributed by atoms with Crippen molar-refractivity contribution in [3.05, 3.63) is 23.9 Å². The standard InChI is InChI=1S/C12H17N3O4/c1-15(2)10-4-3-8(7-14-10)11(17)13-6-5-9(16)12(18)19/h3-4,7,9,16H,5-6H2,1-2H3,(H,13,17)(H,18,19)/t9-/m0/s1. The molecule has 0 saturated heterocycles. The van der Waals surface area contributed by atoms with Gasteiger partial charge >= 0.3 is 5.97 Å². The van der Waals surface area contributed by atoms with Gasteiger partial charge in [-0.1, -0.05) is 0 Å².